The second-order valence-corrected chi connectivity index (χ2v) is 6.08. The maximum Gasteiger partial charge on any atom is 0.275 e. The predicted octanol–water partition coefficient (Wildman–Crippen LogP) is 3.18. The van der Waals surface area contributed by atoms with Crippen LogP contribution >= 0.6 is 11.3 Å². The number of hydrogen-bond acceptors (Lipinski definition) is 5. The van der Waals surface area contributed by atoms with Crippen molar-refractivity contribution in [2.75, 3.05) is 18.2 Å². The molecular weight excluding hydrogens is 286 g/mol. The SMILES string of the molecule is COc1ccc(NC(=O)c2csc(CC(C)C)n2)cc1N. The molecule has 5 nitrogen and oxygen atoms in total. The normalized spacial score (nSPS) is 10.7. The summed E-state index contributed by atoms with van der Waals surface area (Å²) >= 11 is 1.51. The number of amides is 1. The van der Waals surface area contributed by atoms with Crippen molar-refractivity contribution < 1.29 is 9.53 Å². The smallest absolute Gasteiger partial charge is 0.275 e. The third-order valence-corrected chi connectivity index (χ3v) is 3.73. The lowest BCUT2D eigenvalue weighted by atomic mass is 10.1. The largest absolute Gasteiger partial charge is 0.495 e. The Kier molecular flexibility index (Phi) is 4.80. The van der Waals surface area contributed by atoms with Gasteiger partial charge in [0.05, 0.1) is 17.8 Å². The van der Waals surface area contributed by atoms with Gasteiger partial charge in [-0.25, -0.2) is 4.98 Å². The first-order valence-electron chi connectivity index (χ1n) is 6.69. The lowest BCUT2D eigenvalue weighted by Crippen LogP contribution is -2.12. The Morgan fingerprint density at radius 2 is 2.24 bits per heavy atom. The first-order valence-corrected chi connectivity index (χ1v) is 7.57. The highest BCUT2D eigenvalue weighted by Gasteiger charge is 2.12. The van der Waals surface area contributed by atoms with Crippen molar-refractivity contribution >= 4 is 28.6 Å². The molecule has 0 fully saturated rings. The molecule has 1 aromatic heterocycles. The van der Waals surface area contributed by atoms with Gasteiger partial charge >= 0.3 is 0 Å². The average molecular weight is 305 g/mol. The van der Waals surface area contributed by atoms with Crippen LogP contribution in [-0.2, 0) is 6.42 Å². The van der Waals surface area contributed by atoms with E-state index in [4.69, 9.17) is 10.5 Å². The molecule has 0 aliphatic rings. The molecule has 3 N–H and O–H groups in total. The maximum atomic E-state index is 12.1. The fourth-order valence-electron chi connectivity index (χ4n) is 1.87. The Bertz CT molecular complexity index is 638. The van der Waals surface area contributed by atoms with Crippen molar-refractivity contribution in [2.24, 2.45) is 5.92 Å². The third kappa shape index (κ3) is 3.95. The van der Waals surface area contributed by atoms with E-state index in [2.05, 4.69) is 24.1 Å². The van der Waals surface area contributed by atoms with Gasteiger partial charge in [-0.05, 0) is 24.1 Å². The molecule has 0 atom stereocenters. The Hall–Kier alpha value is -2.08. The number of nitrogen functional groups attached to an aromatic ring is 1. The summed E-state index contributed by atoms with van der Waals surface area (Å²) in [5, 5.41) is 5.54. The van der Waals surface area contributed by atoms with E-state index in [0.717, 1.165) is 11.4 Å². The lowest BCUT2D eigenvalue weighted by molar-refractivity contribution is 0.102. The van der Waals surface area contributed by atoms with Gasteiger partial charge in [0.15, 0.2) is 0 Å². The molecule has 0 aliphatic heterocycles. The molecule has 0 unspecified atom stereocenters. The fraction of sp³-hybridized carbons (Fsp3) is 0.333. The number of nitrogens with two attached hydrogens (primary N) is 1. The summed E-state index contributed by atoms with van der Waals surface area (Å²) < 4.78 is 5.08. The summed E-state index contributed by atoms with van der Waals surface area (Å²) in [6, 6.07) is 5.13. The minimum absolute atomic E-state index is 0.231. The van der Waals surface area contributed by atoms with E-state index in [1.807, 2.05) is 0 Å². The van der Waals surface area contributed by atoms with Crippen molar-refractivity contribution in [1.82, 2.24) is 4.98 Å². The van der Waals surface area contributed by atoms with Crippen molar-refractivity contribution in [1.29, 1.82) is 0 Å². The average Bonchev–Trinajstić information content (AvgIpc) is 2.86. The first-order chi connectivity index (χ1) is 9.99. The molecule has 0 bridgehead atoms. The predicted molar refractivity (Wildman–Crippen MR) is 86.0 cm³/mol. The molecule has 0 spiro atoms. The molecule has 112 valence electrons. The minimum Gasteiger partial charge on any atom is -0.495 e. The standard InChI is InChI=1S/C15H19N3O2S/c1-9(2)6-14-18-12(8-21-14)15(19)17-10-4-5-13(20-3)11(16)7-10/h4-5,7-9H,6,16H2,1-3H3,(H,17,19). The van der Waals surface area contributed by atoms with Gasteiger partial charge in [0.2, 0.25) is 0 Å². The number of carbonyl (C=O) groups excluding carboxylic acids is 1. The van der Waals surface area contributed by atoms with Crippen LogP contribution in [0.4, 0.5) is 11.4 Å². The van der Waals surface area contributed by atoms with Crippen LogP contribution in [0.2, 0.25) is 0 Å². The van der Waals surface area contributed by atoms with Crippen LogP contribution in [0.15, 0.2) is 23.6 Å². The molecule has 2 aromatic rings. The molecule has 2 rings (SSSR count). The number of rotatable bonds is 5. The van der Waals surface area contributed by atoms with E-state index in [1.165, 1.54) is 11.3 Å². The summed E-state index contributed by atoms with van der Waals surface area (Å²) in [6.07, 6.45) is 0.882. The summed E-state index contributed by atoms with van der Waals surface area (Å²) in [7, 11) is 1.55. The van der Waals surface area contributed by atoms with Crippen LogP contribution in [0.5, 0.6) is 5.75 Å². The van der Waals surface area contributed by atoms with Crippen molar-refractivity contribution in [3.05, 3.63) is 34.3 Å². The van der Waals surface area contributed by atoms with Gasteiger partial charge in [-0.1, -0.05) is 13.8 Å². The topological polar surface area (TPSA) is 77.2 Å². The monoisotopic (exact) mass is 305 g/mol. The second-order valence-electron chi connectivity index (χ2n) is 5.14. The molecule has 0 aliphatic carbocycles. The molecule has 1 heterocycles. The van der Waals surface area contributed by atoms with Gasteiger partial charge in [0, 0.05) is 17.5 Å². The molecule has 1 amide bonds. The number of anilines is 2. The van der Waals surface area contributed by atoms with Crippen LogP contribution in [-0.4, -0.2) is 18.0 Å². The highest BCUT2D eigenvalue weighted by Crippen LogP contribution is 2.25. The van der Waals surface area contributed by atoms with Crippen molar-refractivity contribution in [3.63, 3.8) is 0 Å². The number of nitrogens with zero attached hydrogens (tertiary/aromatic N) is 1. The highest BCUT2D eigenvalue weighted by atomic mass is 32.1. The first kappa shape index (κ1) is 15.3. The zero-order valence-corrected chi connectivity index (χ0v) is 13.2. The van der Waals surface area contributed by atoms with Crippen LogP contribution in [0, 0.1) is 5.92 Å². The van der Waals surface area contributed by atoms with E-state index in [1.54, 1.807) is 30.7 Å². The van der Waals surface area contributed by atoms with E-state index in [9.17, 15) is 4.79 Å². The zero-order valence-electron chi connectivity index (χ0n) is 12.3. The summed E-state index contributed by atoms with van der Waals surface area (Å²) in [6.45, 7) is 4.25. The number of ether oxygens (including phenoxy) is 1. The summed E-state index contributed by atoms with van der Waals surface area (Å²) in [4.78, 5) is 16.5. The van der Waals surface area contributed by atoms with E-state index in [-0.39, 0.29) is 5.91 Å². The van der Waals surface area contributed by atoms with E-state index >= 15 is 0 Å². The molecule has 0 saturated carbocycles. The number of thiazole rings is 1. The Morgan fingerprint density at radius 3 is 2.86 bits per heavy atom. The quantitative estimate of drug-likeness (QED) is 0.832. The summed E-state index contributed by atoms with van der Waals surface area (Å²) in [5.41, 5.74) is 7.35. The number of nitrogens with one attached hydrogen (secondary N) is 1. The Labute approximate surface area is 128 Å². The molecule has 6 heteroatoms. The van der Waals surface area contributed by atoms with Gasteiger partial charge in [0.1, 0.15) is 11.4 Å². The molecular formula is C15H19N3O2S. The van der Waals surface area contributed by atoms with Gasteiger partial charge in [0.25, 0.3) is 5.91 Å². The zero-order chi connectivity index (χ0) is 15.4. The number of hydrogen-bond donors (Lipinski definition) is 2. The van der Waals surface area contributed by atoms with Crippen LogP contribution in [0.1, 0.15) is 29.3 Å². The van der Waals surface area contributed by atoms with Crippen LogP contribution in [0.3, 0.4) is 0 Å². The second kappa shape index (κ2) is 6.58. The highest BCUT2D eigenvalue weighted by molar-refractivity contribution is 7.09. The molecule has 0 radical (unpaired) electrons. The Balaban J connectivity index is 2.07. The van der Waals surface area contributed by atoms with E-state index < -0.39 is 0 Å². The number of carbonyl (C=O) groups is 1. The van der Waals surface area contributed by atoms with Gasteiger partial charge < -0.3 is 15.8 Å². The lowest BCUT2D eigenvalue weighted by Gasteiger charge is -2.07. The number of benzene rings is 1. The number of aromatic nitrogens is 1. The van der Waals surface area contributed by atoms with Gasteiger partial charge in [-0.3, -0.25) is 4.79 Å². The van der Waals surface area contributed by atoms with Gasteiger partial charge in [-0.2, -0.15) is 0 Å². The van der Waals surface area contributed by atoms with Crippen molar-refractivity contribution in [2.45, 2.75) is 20.3 Å². The van der Waals surface area contributed by atoms with E-state index in [0.29, 0.717) is 28.7 Å². The van der Waals surface area contributed by atoms with Crippen LogP contribution in [0.25, 0.3) is 0 Å². The van der Waals surface area contributed by atoms with Gasteiger partial charge in [-0.15, -0.1) is 11.3 Å². The van der Waals surface area contributed by atoms with Crippen LogP contribution < -0.4 is 15.8 Å². The molecule has 0 saturated heterocycles. The summed E-state index contributed by atoms with van der Waals surface area (Å²) in [5.74, 6) is 0.875. The third-order valence-electron chi connectivity index (χ3n) is 2.85. The maximum absolute atomic E-state index is 12.1. The fourth-order valence-corrected chi connectivity index (χ4v) is 2.85. The molecule has 1 aromatic carbocycles. The number of methoxy groups -OCH3 is 1. The Morgan fingerprint density at radius 1 is 1.48 bits per heavy atom. The van der Waals surface area contributed by atoms with Crippen molar-refractivity contribution in [3.8, 4) is 5.75 Å². The minimum atomic E-state index is -0.231. The molecule has 21 heavy (non-hydrogen) atoms.